The number of aryl methyl sites for hydroxylation is 1. The summed E-state index contributed by atoms with van der Waals surface area (Å²) in [5, 5.41) is 3.20. The molecule has 3 heteroatoms. The third-order valence-electron chi connectivity index (χ3n) is 3.90. The van der Waals surface area contributed by atoms with Crippen molar-refractivity contribution in [1.29, 1.82) is 0 Å². The van der Waals surface area contributed by atoms with Crippen molar-refractivity contribution in [3.05, 3.63) is 29.8 Å². The lowest BCUT2D eigenvalue weighted by molar-refractivity contribution is -0.121. The maximum atomic E-state index is 12.3. The molecule has 2 rings (SSSR count). The van der Waals surface area contributed by atoms with Gasteiger partial charge in [-0.2, -0.15) is 0 Å². The molecular weight excluding hydrogens is 266 g/mol. The Morgan fingerprint density at radius 3 is 2.35 bits per heavy atom. The van der Waals surface area contributed by atoms with Crippen molar-refractivity contribution in [2.75, 3.05) is 0 Å². The Hall–Kier alpha value is -0.960. The largest absolute Gasteiger partial charge is 0.352 e. The number of hydrogen-bond acceptors (Lipinski definition) is 2. The molecule has 1 aromatic carbocycles. The number of rotatable bonds is 4. The summed E-state index contributed by atoms with van der Waals surface area (Å²) in [5.74, 6) is 0.183. The fraction of sp³-hybridized carbons (Fsp3) is 0.588. The second-order valence-electron chi connectivity index (χ2n) is 5.77. The first kappa shape index (κ1) is 15.4. The average Bonchev–Trinajstić information content (AvgIpc) is 2.70. The SMILES string of the molecule is Cc1ccc(S[C@H](C)C(=O)NC2CCCCCC2)cc1. The number of thioether (sulfide) groups is 1. The number of nitrogens with one attached hydrogen (secondary N) is 1. The molecule has 0 heterocycles. The van der Waals surface area contributed by atoms with E-state index in [0.29, 0.717) is 6.04 Å². The summed E-state index contributed by atoms with van der Waals surface area (Å²) in [6, 6.07) is 8.77. The molecule has 20 heavy (non-hydrogen) atoms. The van der Waals surface area contributed by atoms with Crippen LogP contribution in [0.4, 0.5) is 0 Å². The number of hydrogen-bond donors (Lipinski definition) is 1. The Morgan fingerprint density at radius 2 is 1.75 bits per heavy atom. The maximum Gasteiger partial charge on any atom is 0.233 e. The quantitative estimate of drug-likeness (QED) is 0.661. The minimum Gasteiger partial charge on any atom is -0.352 e. The van der Waals surface area contributed by atoms with E-state index in [9.17, 15) is 4.79 Å². The van der Waals surface area contributed by atoms with Gasteiger partial charge in [-0.15, -0.1) is 11.8 Å². The van der Waals surface area contributed by atoms with Crippen LogP contribution in [0.1, 0.15) is 51.0 Å². The molecule has 0 radical (unpaired) electrons. The van der Waals surface area contributed by atoms with Crippen LogP contribution in [0.3, 0.4) is 0 Å². The molecule has 1 atom stereocenters. The molecule has 1 aliphatic rings. The molecular formula is C17H25NOS. The van der Waals surface area contributed by atoms with E-state index in [4.69, 9.17) is 0 Å². The molecule has 1 aliphatic carbocycles. The van der Waals surface area contributed by atoms with E-state index >= 15 is 0 Å². The van der Waals surface area contributed by atoms with E-state index in [2.05, 4.69) is 36.5 Å². The van der Waals surface area contributed by atoms with Crippen molar-refractivity contribution < 1.29 is 4.79 Å². The first-order valence-electron chi connectivity index (χ1n) is 7.69. The molecule has 1 saturated carbocycles. The fourth-order valence-electron chi connectivity index (χ4n) is 2.62. The summed E-state index contributed by atoms with van der Waals surface area (Å²) >= 11 is 1.64. The molecule has 1 amide bonds. The molecule has 1 fully saturated rings. The van der Waals surface area contributed by atoms with E-state index in [1.54, 1.807) is 11.8 Å². The molecule has 0 unspecified atom stereocenters. The predicted octanol–water partition coefficient (Wildman–Crippen LogP) is 4.31. The monoisotopic (exact) mass is 291 g/mol. The van der Waals surface area contributed by atoms with Gasteiger partial charge in [0.2, 0.25) is 5.91 Å². The average molecular weight is 291 g/mol. The van der Waals surface area contributed by atoms with E-state index < -0.39 is 0 Å². The lowest BCUT2D eigenvalue weighted by Crippen LogP contribution is -2.39. The summed E-state index contributed by atoms with van der Waals surface area (Å²) in [7, 11) is 0. The molecule has 110 valence electrons. The summed E-state index contributed by atoms with van der Waals surface area (Å²) in [6.45, 7) is 4.08. The lowest BCUT2D eigenvalue weighted by atomic mass is 10.1. The highest BCUT2D eigenvalue weighted by molar-refractivity contribution is 8.00. The lowest BCUT2D eigenvalue weighted by Gasteiger charge is -2.19. The van der Waals surface area contributed by atoms with E-state index in [0.717, 1.165) is 12.8 Å². The molecule has 1 aromatic rings. The first-order chi connectivity index (χ1) is 9.65. The van der Waals surface area contributed by atoms with E-state index in [1.165, 1.54) is 36.1 Å². The van der Waals surface area contributed by atoms with Crippen LogP contribution in [-0.2, 0) is 4.79 Å². The number of carbonyl (C=O) groups excluding carboxylic acids is 1. The molecule has 0 saturated heterocycles. The molecule has 0 aromatic heterocycles. The van der Waals surface area contributed by atoms with Crippen molar-refractivity contribution >= 4 is 17.7 Å². The first-order valence-corrected chi connectivity index (χ1v) is 8.57. The second kappa shape index (κ2) is 7.72. The normalized spacial score (nSPS) is 18.3. The van der Waals surface area contributed by atoms with Gasteiger partial charge in [0.05, 0.1) is 5.25 Å². The van der Waals surface area contributed by atoms with E-state index in [-0.39, 0.29) is 11.2 Å². The summed E-state index contributed by atoms with van der Waals surface area (Å²) in [5.41, 5.74) is 1.25. The number of amides is 1. The summed E-state index contributed by atoms with van der Waals surface area (Å²) in [6.07, 6.45) is 7.44. The predicted molar refractivity (Wildman–Crippen MR) is 86.1 cm³/mol. The van der Waals surface area contributed by atoms with Crippen LogP contribution in [-0.4, -0.2) is 17.2 Å². The van der Waals surface area contributed by atoms with Crippen molar-refractivity contribution in [1.82, 2.24) is 5.32 Å². The fourth-order valence-corrected chi connectivity index (χ4v) is 3.49. The molecule has 0 aliphatic heterocycles. The van der Waals surface area contributed by atoms with Gasteiger partial charge in [-0.1, -0.05) is 43.4 Å². The molecule has 0 bridgehead atoms. The molecule has 1 N–H and O–H groups in total. The van der Waals surface area contributed by atoms with Gasteiger partial charge in [-0.3, -0.25) is 4.79 Å². The maximum absolute atomic E-state index is 12.3. The Labute approximate surface area is 126 Å². The standard InChI is InChI=1S/C17H25NOS/c1-13-9-11-16(12-10-13)20-14(2)17(19)18-15-7-5-3-4-6-8-15/h9-12,14-15H,3-8H2,1-2H3,(H,18,19)/t14-/m1/s1. The molecule has 2 nitrogen and oxygen atoms in total. The Balaban J connectivity index is 1.83. The van der Waals surface area contributed by atoms with Gasteiger partial charge in [0.1, 0.15) is 0 Å². The van der Waals surface area contributed by atoms with Crippen molar-refractivity contribution in [3.63, 3.8) is 0 Å². The van der Waals surface area contributed by atoms with Gasteiger partial charge in [-0.05, 0) is 38.8 Å². The van der Waals surface area contributed by atoms with Crippen LogP contribution in [0.5, 0.6) is 0 Å². The van der Waals surface area contributed by atoms with Crippen LogP contribution >= 0.6 is 11.8 Å². The minimum atomic E-state index is -0.0269. The van der Waals surface area contributed by atoms with Crippen LogP contribution in [0.15, 0.2) is 29.2 Å². The van der Waals surface area contributed by atoms with Gasteiger partial charge in [0.15, 0.2) is 0 Å². The Kier molecular flexibility index (Phi) is 5.96. The van der Waals surface area contributed by atoms with Gasteiger partial charge in [0, 0.05) is 10.9 Å². The van der Waals surface area contributed by atoms with Crippen molar-refractivity contribution in [2.45, 2.75) is 68.6 Å². The third kappa shape index (κ3) is 4.86. The number of carbonyl (C=O) groups is 1. The van der Waals surface area contributed by atoms with Gasteiger partial charge in [0.25, 0.3) is 0 Å². The smallest absolute Gasteiger partial charge is 0.233 e. The zero-order valence-corrected chi connectivity index (χ0v) is 13.3. The van der Waals surface area contributed by atoms with Crippen molar-refractivity contribution in [2.24, 2.45) is 0 Å². The van der Waals surface area contributed by atoms with Crippen LogP contribution in [0.2, 0.25) is 0 Å². The van der Waals surface area contributed by atoms with E-state index in [1.807, 2.05) is 6.92 Å². The highest BCUT2D eigenvalue weighted by Gasteiger charge is 2.19. The third-order valence-corrected chi connectivity index (χ3v) is 5.02. The zero-order chi connectivity index (χ0) is 14.4. The highest BCUT2D eigenvalue weighted by Crippen LogP contribution is 2.24. The van der Waals surface area contributed by atoms with Crippen LogP contribution < -0.4 is 5.32 Å². The Morgan fingerprint density at radius 1 is 1.15 bits per heavy atom. The summed E-state index contributed by atoms with van der Waals surface area (Å²) < 4.78 is 0. The van der Waals surface area contributed by atoms with Gasteiger partial charge >= 0.3 is 0 Å². The topological polar surface area (TPSA) is 29.1 Å². The minimum absolute atomic E-state index is 0.0269. The second-order valence-corrected chi connectivity index (χ2v) is 7.18. The van der Waals surface area contributed by atoms with Crippen molar-refractivity contribution in [3.8, 4) is 0 Å². The van der Waals surface area contributed by atoms with Crippen LogP contribution in [0, 0.1) is 6.92 Å². The van der Waals surface area contributed by atoms with Gasteiger partial charge in [-0.25, -0.2) is 0 Å². The zero-order valence-electron chi connectivity index (χ0n) is 12.5. The number of benzene rings is 1. The molecule has 0 spiro atoms. The summed E-state index contributed by atoms with van der Waals surface area (Å²) in [4.78, 5) is 13.4. The highest BCUT2D eigenvalue weighted by atomic mass is 32.2. The van der Waals surface area contributed by atoms with Crippen LogP contribution in [0.25, 0.3) is 0 Å². The van der Waals surface area contributed by atoms with Gasteiger partial charge < -0.3 is 5.32 Å². The Bertz CT molecular complexity index is 421.